The van der Waals surface area contributed by atoms with Gasteiger partial charge in [0.1, 0.15) is 11.0 Å². The van der Waals surface area contributed by atoms with Gasteiger partial charge in [-0.2, -0.15) is 0 Å². The largest absolute Gasteiger partial charge is 0.467 e. The van der Waals surface area contributed by atoms with E-state index in [1.165, 1.54) is 31.4 Å². The topological polar surface area (TPSA) is 102 Å². The van der Waals surface area contributed by atoms with Crippen LogP contribution in [0.1, 0.15) is 12.7 Å². The Bertz CT molecular complexity index is 723. The Morgan fingerprint density at radius 3 is 2.71 bits per heavy atom. The summed E-state index contributed by atoms with van der Waals surface area (Å²) in [5.74, 6) is -0.0364. The van der Waals surface area contributed by atoms with Crippen LogP contribution in [0.25, 0.3) is 0 Å². The molecule has 6 nitrogen and oxygen atoms in total. The Balaban J connectivity index is 2.10. The smallest absolute Gasteiger partial charge is 0.238 e. The summed E-state index contributed by atoms with van der Waals surface area (Å²) in [7, 11) is -3.77. The van der Waals surface area contributed by atoms with E-state index in [4.69, 9.17) is 10.2 Å². The molecule has 1 heterocycles. The lowest BCUT2D eigenvalue weighted by Crippen LogP contribution is -2.37. The number of sulfone groups is 1. The summed E-state index contributed by atoms with van der Waals surface area (Å²) < 4.78 is 29.8. The lowest BCUT2D eigenvalue weighted by molar-refractivity contribution is -0.120. The fourth-order valence-electron chi connectivity index (χ4n) is 1.77. The molecule has 0 saturated heterocycles. The van der Waals surface area contributed by atoms with Gasteiger partial charge in [0.2, 0.25) is 5.91 Å². The number of nitrogens with two attached hydrogens (primary N) is 1. The Morgan fingerprint density at radius 2 is 2.10 bits per heavy atom. The second-order valence-electron chi connectivity index (χ2n) is 4.56. The molecule has 1 amide bonds. The molecule has 0 radical (unpaired) electrons. The van der Waals surface area contributed by atoms with Gasteiger partial charge in [0.05, 0.1) is 17.7 Å². The van der Waals surface area contributed by atoms with Crippen molar-refractivity contribution in [3.63, 3.8) is 0 Å². The first-order valence-corrected chi connectivity index (χ1v) is 7.85. The van der Waals surface area contributed by atoms with Crippen molar-refractivity contribution in [3.8, 4) is 0 Å². The number of hydrogen-bond acceptors (Lipinski definition) is 5. The van der Waals surface area contributed by atoms with Crippen molar-refractivity contribution in [1.82, 2.24) is 5.32 Å². The molecule has 0 fully saturated rings. The molecule has 0 aliphatic heterocycles. The third kappa shape index (κ3) is 3.43. The van der Waals surface area contributed by atoms with Gasteiger partial charge in [0.15, 0.2) is 9.84 Å². The monoisotopic (exact) mass is 308 g/mol. The van der Waals surface area contributed by atoms with Crippen LogP contribution in [0.3, 0.4) is 0 Å². The summed E-state index contributed by atoms with van der Waals surface area (Å²) in [6.45, 7) is 1.48. The molecule has 3 N–H and O–H groups in total. The molecule has 21 heavy (non-hydrogen) atoms. The molecule has 1 unspecified atom stereocenters. The summed E-state index contributed by atoms with van der Waals surface area (Å²) in [5.41, 5.74) is 5.91. The number of hydrogen-bond donors (Lipinski definition) is 2. The van der Waals surface area contributed by atoms with Crippen LogP contribution >= 0.6 is 0 Å². The zero-order chi connectivity index (χ0) is 15.5. The Morgan fingerprint density at radius 1 is 1.33 bits per heavy atom. The number of anilines is 1. The van der Waals surface area contributed by atoms with E-state index in [1.807, 2.05) is 0 Å². The molecule has 0 bridgehead atoms. The average molecular weight is 308 g/mol. The highest BCUT2D eigenvalue weighted by atomic mass is 32.2. The first-order valence-electron chi connectivity index (χ1n) is 6.31. The number of rotatable bonds is 5. The van der Waals surface area contributed by atoms with Crippen LogP contribution in [0.5, 0.6) is 0 Å². The van der Waals surface area contributed by atoms with Crippen molar-refractivity contribution < 1.29 is 17.6 Å². The second kappa shape index (κ2) is 6.01. The molecule has 1 aromatic carbocycles. The van der Waals surface area contributed by atoms with E-state index in [0.29, 0.717) is 11.4 Å². The number of amides is 1. The number of carbonyl (C=O) groups excluding carboxylic acids is 1. The van der Waals surface area contributed by atoms with E-state index >= 15 is 0 Å². The summed E-state index contributed by atoms with van der Waals surface area (Å²) >= 11 is 0. The van der Waals surface area contributed by atoms with Crippen LogP contribution in [-0.4, -0.2) is 19.6 Å². The zero-order valence-electron chi connectivity index (χ0n) is 11.4. The minimum absolute atomic E-state index is 0.0307. The number of nitrogen functional groups attached to an aromatic ring is 1. The van der Waals surface area contributed by atoms with E-state index in [1.54, 1.807) is 18.2 Å². The van der Waals surface area contributed by atoms with E-state index in [-0.39, 0.29) is 11.4 Å². The Kier molecular flexibility index (Phi) is 4.32. The molecule has 0 aliphatic rings. The average Bonchev–Trinajstić information content (AvgIpc) is 2.97. The second-order valence-corrected chi connectivity index (χ2v) is 6.83. The molecule has 112 valence electrons. The third-order valence-electron chi connectivity index (χ3n) is 3.04. The van der Waals surface area contributed by atoms with Gasteiger partial charge in [0, 0.05) is 5.69 Å². The predicted molar refractivity (Wildman–Crippen MR) is 78.1 cm³/mol. The third-order valence-corrected chi connectivity index (χ3v) is 5.09. The van der Waals surface area contributed by atoms with Crippen LogP contribution < -0.4 is 11.1 Å². The highest BCUT2D eigenvalue weighted by Gasteiger charge is 2.29. The number of nitrogens with one attached hydrogen (secondary N) is 1. The molecular weight excluding hydrogens is 292 g/mol. The highest BCUT2D eigenvalue weighted by molar-refractivity contribution is 7.92. The van der Waals surface area contributed by atoms with Gasteiger partial charge in [-0.25, -0.2) is 8.42 Å². The minimum atomic E-state index is -3.77. The summed E-state index contributed by atoms with van der Waals surface area (Å²) in [6.07, 6.45) is 1.48. The SMILES string of the molecule is CC(C(=O)NCc1ccco1)S(=O)(=O)c1cccc(N)c1. The van der Waals surface area contributed by atoms with Gasteiger partial charge < -0.3 is 15.5 Å². The quantitative estimate of drug-likeness (QED) is 0.811. The first-order chi connectivity index (χ1) is 9.91. The zero-order valence-corrected chi connectivity index (χ0v) is 12.3. The van der Waals surface area contributed by atoms with Crippen molar-refractivity contribution in [1.29, 1.82) is 0 Å². The number of furan rings is 1. The van der Waals surface area contributed by atoms with Crippen molar-refractivity contribution in [2.24, 2.45) is 0 Å². The lowest BCUT2D eigenvalue weighted by atomic mass is 10.3. The van der Waals surface area contributed by atoms with Gasteiger partial charge in [0.25, 0.3) is 0 Å². The van der Waals surface area contributed by atoms with E-state index in [0.717, 1.165) is 0 Å². The predicted octanol–water partition coefficient (Wildman–Crippen LogP) is 1.34. The molecule has 2 rings (SSSR count). The van der Waals surface area contributed by atoms with E-state index in [9.17, 15) is 13.2 Å². The van der Waals surface area contributed by atoms with Crippen LogP contribution in [0.2, 0.25) is 0 Å². The highest BCUT2D eigenvalue weighted by Crippen LogP contribution is 2.18. The van der Waals surface area contributed by atoms with Crippen LogP contribution in [0, 0.1) is 0 Å². The van der Waals surface area contributed by atoms with Crippen LogP contribution in [-0.2, 0) is 21.2 Å². The molecule has 7 heteroatoms. The molecule has 0 aliphatic carbocycles. The maximum absolute atomic E-state index is 12.3. The molecular formula is C14H16N2O4S. The lowest BCUT2D eigenvalue weighted by Gasteiger charge is -2.13. The summed E-state index contributed by atoms with van der Waals surface area (Å²) in [4.78, 5) is 12.0. The van der Waals surface area contributed by atoms with Gasteiger partial charge >= 0.3 is 0 Å². The maximum Gasteiger partial charge on any atom is 0.238 e. The number of benzene rings is 1. The standard InChI is InChI=1S/C14H16N2O4S/c1-10(14(17)16-9-12-5-3-7-20-12)21(18,19)13-6-2-4-11(15)8-13/h2-8,10H,9,15H2,1H3,(H,16,17). The normalized spacial score (nSPS) is 12.8. The van der Waals surface area contributed by atoms with Crippen LogP contribution in [0.4, 0.5) is 5.69 Å². The Hall–Kier alpha value is -2.28. The van der Waals surface area contributed by atoms with Crippen molar-refractivity contribution in [2.45, 2.75) is 23.6 Å². The van der Waals surface area contributed by atoms with Gasteiger partial charge in [-0.05, 0) is 37.3 Å². The summed E-state index contributed by atoms with van der Waals surface area (Å²) in [5, 5.41) is 1.32. The molecule has 1 atom stereocenters. The molecule has 1 aromatic heterocycles. The van der Waals surface area contributed by atoms with E-state index < -0.39 is 21.0 Å². The van der Waals surface area contributed by atoms with Gasteiger partial charge in [-0.15, -0.1) is 0 Å². The fraction of sp³-hybridized carbons (Fsp3) is 0.214. The van der Waals surface area contributed by atoms with Crippen LogP contribution in [0.15, 0.2) is 52.0 Å². The molecule has 0 saturated carbocycles. The van der Waals surface area contributed by atoms with E-state index in [2.05, 4.69) is 5.32 Å². The number of carbonyl (C=O) groups is 1. The maximum atomic E-state index is 12.3. The van der Waals surface area contributed by atoms with Gasteiger partial charge in [-0.1, -0.05) is 6.07 Å². The fourth-order valence-corrected chi connectivity index (χ4v) is 3.11. The van der Waals surface area contributed by atoms with Crippen molar-refractivity contribution >= 4 is 21.4 Å². The van der Waals surface area contributed by atoms with Crippen molar-refractivity contribution in [2.75, 3.05) is 5.73 Å². The molecule has 2 aromatic rings. The first kappa shape index (κ1) is 15.1. The molecule has 0 spiro atoms. The van der Waals surface area contributed by atoms with Crippen molar-refractivity contribution in [3.05, 3.63) is 48.4 Å². The Labute approximate surface area is 122 Å². The summed E-state index contributed by atoms with van der Waals surface area (Å²) in [6, 6.07) is 9.26. The van der Waals surface area contributed by atoms with Gasteiger partial charge in [-0.3, -0.25) is 4.79 Å². The minimum Gasteiger partial charge on any atom is -0.467 e.